The lowest BCUT2D eigenvalue weighted by molar-refractivity contribution is 0.475. The summed E-state index contributed by atoms with van der Waals surface area (Å²) in [4.78, 5) is 5.12. The van der Waals surface area contributed by atoms with Gasteiger partial charge in [0.05, 0.1) is 6.21 Å². The number of aromatic hydroxyl groups is 1. The number of thiocarbonyl (C=S) groups is 1. The van der Waals surface area contributed by atoms with E-state index in [0.29, 0.717) is 5.56 Å². The van der Waals surface area contributed by atoms with Crippen LogP contribution in [0.2, 0.25) is 0 Å². The van der Waals surface area contributed by atoms with Gasteiger partial charge in [-0.2, -0.15) is 5.10 Å². The van der Waals surface area contributed by atoms with E-state index in [9.17, 15) is 5.11 Å². The van der Waals surface area contributed by atoms with Crippen molar-refractivity contribution in [1.82, 2.24) is 5.43 Å². The van der Waals surface area contributed by atoms with Gasteiger partial charge in [-0.15, -0.1) is 11.3 Å². The van der Waals surface area contributed by atoms with E-state index in [0.717, 1.165) is 15.6 Å². The van der Waals surface area contributed by atoms with Crippen LogP contribution in [0.5, 0.6) is 5.75 Å². The second kappa shape index (κ2) is 7.13. The summed E-state index contributed by atoms with van der Waals surface area (Å²) in [6.45, 7) is 0. The lowest BCUT2D eigenvalue weighted by Crippen LogP contribution is -2.12. The van der Waals surface area contributed by atoms with Crippen molar-refractivity contribution in [1.29, 1.82) is 0 Å². The van der Waals surface area contributed by atoms with Crippen molar-refractivity contribution in [3.05, 3.63) is 64.4 Å². The zero-order valence-electron chi connectivity index (χ0n) is 12.0. The normalized spacial score (nSPS) is 11.5. The van der Waals surface area contributed by atoms with E-state index in [1.165, 1.54) is 6.21 Å². The highest BCUT2D eigenvalue weighted by Gasteiger charge is 2.01. The summed E-state index contributed by atoms with van der Waals surface area (Å²) in [7, 11) is 0. The van der Waals surface area contributed by atoms with Crippen molar-refractivity contribution in [2.45, 2.75) is 0 Å². The maximum Gasteiger partial charge on any atom is 0.213 e. The molecule has 114 valence electrons. The van der Waals surface area contributed by atoms with E-state index in [4.69, 9.17) is 12.2 Å². The maximum absolute atomic E-state index is 10.0. The summed E-state index contributed by atoms with van der Waals surface area (Å²) in [6, 6.07) is 15.3. The summed E-state index contributed by atoms with van der Waals surface area (Å²) >= 11 is 6.65. The minimum atomic E-state index is 0.169. The van der Waals surface area contributed by atoms with Crippen LogP contribution >= 0.6 is 23.6 Å². The Balaban J connectivity index is 1.68. The molecule has 6 heteroatoms. The van der Waals surface area contributed by atoms with E-state index < -0.39 is 0 Å². The third kappa shape index (κ3) is 4.00. The second-order valence-electron chi connectivity index (χ2n) is 4.71. The van der Waals surface area contributed by atoms with Gasteiger partial charge in [0.1, 0.15) is 5.75 Å². The molecule has 0 spiro atoms. The summed E-state index contributed by atoms with van der Waals surface area (Å²) in [5, 5.41) is 18.3. The van der Waals surface area contributed by atoms with Crippen LogP contribution in [0.25, 0.3) is 10.8 Å². The number of benzene rings is 2. The number of hydrogen-bond donors (Lipinski definition) is 2. The van der Waals surface area contributed by atoms with Gasteiger partial charge < -0.3 is 5.11 Å². The molecule has 0 amide bonds. The number of fused-ring (bicyclic) bond motifs is 1. The fourth-order valence-electron chi connectivity index (χ4n) is 2.02. The number of nitrogens with one attached hydrogen (secondary N) is 1. The summed E-state index contributed by atoms with van der Waals surface area (Å²) in [6.07, 6.45) is 3.21. The zero-order chi connectivity index (χ0) is 16.1. The number of phenolic OH excluding ortho intramolecular Hbond substituents is 1. The van der Waals surface area contributed by atoms with Gasteiger partial charge in [0.25, 0.3) is 0 Å². The molecule has 0 aliphatic heterocycles. The topological polar surface area (TPSA) is 57.0 Å². The molecular weight excluding hydrogens is 326 g/mol. The summed E-state index contributed by atoms with van der Waals surface area (Å²) < 4.78 is 0. The van der Waals surface area contributed by atoms with Gasteiger partial charge in [0.2, 0.25) is 5.11 Å². The van der Waals surface area contributed by atoms with Crippen LogP contribution in [0.4, 0.5) is 0 Å². The number of hydrogen-bond acceptors (Lipinski definition) is 4. The SMILES string of the molecule is Oc1cc2ccccc2cc1/C=N/NC(=S)/N=C/c1cccs1. The van der Waals surface area contributed by atoms with Crippen molar-refractivity contribution in [2.75, 3.05) is 0 Å². The molecule has 4 nitrogen and oxygen atoms in total. The van der Waals surface area contributed by atoms with Crippen molar-refractivity contribution in [3.8, 4) is 5.75 Å². The van der Waals surface area contributed by atoms with Crippen LogP contribution in [-0.4, -0.2) is 22.6 Å². The minimum Gasteiger partial charge on any atom is -0.507 e. The van der Waals surface area contributed by atoms with Crippen LogP contribution in [0.3, 0.4) is 0 Å². The lowest BCUT2D eigenvalue weighted by atomic mass is 10.1. The average molecular weight is 339 g/mol. The molecule has 1 heterocycles. The molecule has 3 aromatic rings. The Labute approximate surface area is 142 Å². The van der Waals surface area contributed by atoms with E-state index in [2.05, 4.69) is 15.5 Å². The van der Waals surface area contributed by atoms with Gasteiger partial charge in [-0.1, -0.05) is 30.3 Å². The second-order valence-corrected chi connectivity index (χ2v) is 6.07. The highest BCUT2D eigenvalue weighted by atomic mass is 32.1. The van der Waals surface area contributed by atoms with Crippen LogP contribution in [0, 0.1) is 0 Å². The van der Waals surface area contributed by atoms with Crippen LogP contribution in [0.15, 0.2) is 64.0 Å². The summed E-state index contributed by atoms with van der Waals surface area (Å²) in [5.41, 5.74) is 3.28. The molecule has 2 aromatic carbocycles. The summed E-state index contributed by atoms with van der Waals surface area (Å²) in [5.74, 6) is 0.169. The number of hydrazone groups is 1. The Kier molecular flexibility index (Phi) is 4.75. The molecule has 0 saturated heterocycles. The number of aliphatic imine (C=N–C) groups is 1. The third-order valence-corrected chi connectivity index (χ3v) is 4.11. The zero-order valence-corrected chi connectivity index (χ0v) is 13.6. The predicted octanol–water partition coefficient (Wildman–Crippen LogP) is 3.93. The molecule has 0 aliphatic carbocycles. The minimum absolute atomic E-state index is 0.169. The lowest BCUT2D eigenvalue weighted by Gasteiger charge is -2.03. The van der Waals surface area contributed by atoms with E-state index in [1.807, 2.05) is 47.8 Å². The molecule has 0 radical (unpaired) electrons. The van der Waals surface area contributed by atoms with Gasteiger partial charge >= 0.3 is 0 Å². The molecule has 0 fully saturated rings. The van der Waals surface area contributed by atoms with Crippen molar-refractivity contribution >= 4 is 51.9 Å². The molecule has 0 saturated carbocycles. The molecular formula is C17H13N3OS2. The fraction of sp³-hybridized carbons (Fsp3) is 0. The third-order valence-electron chi connectivity index (χ3n) is 3.11. The van der Waals surface area contributed by atoms with Crippen molar-refractivity contribution < 1.29 is 5.11 Å². The first kappa shape index (κ1) is 15.3. The first-order chi connectivity index (χ1) is 11.2. The van der Waals surface area contributed by atoms with Crippen LogP contribution in [0.1, 0.15) is 10.4 Å². The van der Waals surface area contributed by atoms with Gasteiger partial charge in [0.15, 0.2) is 0 Å². The van der Waals surface area contributed by atoms with Gasteiger partial charge in [-0.3, -0.25) is 5.43 Å². The monoisotopic (exact) mass is 339 g/mol. The van der Waals surface area contributed by atoms with E-state index in [-0.39, 0.29) is 10.9 Å². The Hall–Kier alpha value is -2.57. The average Bonchev–Trinajstić information content (AvgIpc) is 3.07. The quantitative estimate of drug-likeness (QED) is 0.432. The Bertz CT molecular complexity index is 886. The highest BCUT2D eigenvalue weighted by Crippen LogP contribution is 2.23. The van der Waals surface area contributed by atoms with Crippen molar-refractivity contribution in [2.24, 2.45) is 10.1 Å². The fourth-order valence-corrected chi connectivity index (χ4v) is 2.71. The van der Waals surface area contributed by atoms with Crippen LogP contribution < -0.4 is 5.43 Å². The first-order valence-corrected chi connectivity index (χ1v) is 8.13. The van der Waals surface area contributed by atoms with E-state index in [1.54, 1.807) is 23.6 Å². The molecule has 3 rings (SSSR count). The van der Waals surface area contributed by atoms with Gasteiger partial charge in [-0.05, 0) is 46.6 Å². The largest absolute Gasteiger partial charge is 0.507 e. The number of thiophene rings is 1. The van der Waals surface area contributed by atoms with E-state index >= 15 is 0 Å². The highest BCUT2D eigenvalue weighted by molar-refractivity contribution is 7.80. The van der Waals surface area contributed by atoms with Gasteiger partial charge in [-0.25, -0.2) is 4.99 Å². The molecule has 0 aliphatic rings. The Morgan fingerprint density at radius 1 is 1.09 bits per heavy atom. The standard InChI is InChI=1S/C17H13N3OS2/c21-16-9-13-5-2-1-4-12(13)8-14(16)10-19-20-17(22)18-11-15-6-3-7-23-15/h1-11,21H,(H,20,22)/b18-11+,19-10+. The Morgan fingerprint density at radius 2 is 1.87 bits per heavy atom. The smallest absolute Gasteiger partial charge is 0.213 e. The molecule has 0 unspecified atom stereocenters. The van der Waals surface area contributed by atoms with Crippen molar-refractivity contribution in [3.63, 3.8) is 0 Å². The number of nitrogens with zero attached hydrogens (tertiary/aromatic N) is 2. The number of rotatable bonds is 3. The van der Waals surface area contributed by atoms with Crippen LogP contribution in [-0.2, 0) is 0 Å². The molecule has 1 aromatic heterocycles. The Morgan fingerprint density at radius 3 is 2.61 bits per heavy atom. The molecule has 0 bridgehead atoms. The first-order valence-electron chi connectivity index (χ1n) is 6.85. The maximum atomic E-state index is 10.0. The molecule has 2 N–H and O–H groups in total. The van der Waals surface area contributed by atoms with Gasteiger partial charge in [0, 0.05) is 16.7 Å². The number of phenols is 1. The molecule has 23 heavy (non-hydrogen) atoms. The predicted molar refractivity (Wildman–Crippen MR) is 101 cm³/mol. The molecule has 0 atom stereocenters.